The summed E-state index contributed by atoms with van der Waals surface area (Å²) >= 11 is 1.56. The maximum Gasteiger partial charge on any atom is 0.405 e. The summed E-state index contributed by atoms with van der Waals surface area (Å²) in [6.07, 6.45) is -4.47. The van der Waals surface area contributed by atoms with Gasteiger partial charge >= 0.3 is 12.2 Å². The minimum atomic E-state index is -4.47. The van der Waals surface area contributed by atoms with Gasteiger partial charge in [0, 0.05) is 17.2 Å². The Kier molecular flexibility index (Phi) is 7.73. The van der Waals surface area contributed by atoms with Crippen LogP contribution in [0.3, 0.4) is 0 Å². The van der Waals surface area contributed by atoms with E-state index in [1.165, 1.54) is 0 Å². The van der Waals surface area contributed by atoms with Crippen LogP contribution >= 0.6 is 11.8 Å². The van der Waals surface area contributed by atoms with E-state index in [1.807, 2.05) is 31.2 Å². The van der Waals surface area contributed by atoms with Crippen LogP contribution in [-0.2, 0) is 4.79 Å². The van der Waals surface area contributed by atoms with E-state index in [0.29, 0.717) is 12.3 Å². The van der Waals surface area contributed by atoms with Gasteiger partial charge in [0.15, 0.2) is 0 Å². The van der Waals surface area contributed by atoms with Crippen LogP contribution in [0, 0.1) is 6.92 Å². The van der Waals surface area contributed by atoms with Gasteiger partial charge in [-0.2, -0.15) is 13.2 Å². The molecule has 3 N–H and O–H groups in total. The van der Waals surface area contributed by atoms with Crippen LogP contribution in [0.1, 0.15) is 5.56 Å². The van der Waals surface area contributed by atoms with E-state index < -0.39 is 31.2 Å². The number of amides is 3. The number of nitrogens with one attached hydrogen (secondary N) is 3. The zero-order valence-electron chi connectivity index (χ0n) is 12.5. The third-order valence-corrected chi connectivity index (χ3v) is 3.59. The molecule has 1 aromatic rings. The number of aryl methyl sites for hydroxylation is 1. The lowest BCUT2D eigenvalue weighted by Gasteiger charge is -2.10. The van der Waals surface area contributed by atoms with Crippen molar-refractivity contribution in [2.45, 2.75) is 18.0 Å². The van der Waals surface area contributed by atoms with E-state index in [4.69, 9.17) is 0 Å². The first-order chi connectivity index (χ1) is 10.8. The molecule has 23 heavy (non-hydrogen) atoms. The highest BCUT2D eigenvalue weighted by Gasteiger charge is 2.27. The Hall–Kier alpha value is -1.90. The molecule has 0 saturated carbocycles. The molecule has 128 valence electrons. The number of rotatable bonds is 7. The van der Waals surface area contributed by atoms with E-state index in [1.54, 1.807) is 17.1 Å². The van der Waals surface area contributed by atoms with Crippen molar-refractivity contribution in [1.29, 1.82) is 0 Å². The molecule has 0 radical (unpaired) electrons. The number of hydrogen-bond donors (Lipinski definition) is 3. The fraction of sp³-hybridized carbons (Fsp3) is 0.429. The van der Waals surface area contributed by atoms with Crippen molar-refractivity contribution < 1.29 is 22.8 Å². The predicted molar refractivity (Wildman–Crippen MR) is 82.4 cm³/mol. The molecule has 0 atom stereocenters. The smallest absolute Gasteiger partial charge is 0.345 e. The zero-order chi connectivity index (χ0) is 17.3. The highest BCUT2D eigenvalue weighted by atomic mass is 32.2. The molecule has 3 amide bonds. The van der Waals surface area contributed by atoms with Gasteiger partial charge in [-0.1, -0.05) is 17.7 Å². The third kappa shape index (κ3) is 9.67. The number of urea groups is 1. The van der Waals surface area contributed by atoms with Crippen molar-refractivity contribution in [3.63, 3.8) is 0 Å². The van der Waals surface area contributed by atoms with Gasteiger partial charge in [0.1, 0.15) is 6.54 Å². The summed E-state index contributed by atoms with van der Waals surface area (Å²) in [6, 6.07) is 7.33. The van der Waals surface area contributed by atoms with Gasteiger partial charge in [-0.25, -0.2) is 4.79 Å². The number of halogens is 3. The quantitative estimate of drug-likeness (QED) is 0.521. The molecule has 0 aliphatic heterocycles. The molecule has 1 aromatic carbocycles. The number of hydrogen-bond acceptors (Lipinski definition) is 3. The largest absolute Gasteiger partial charge is 0.405 e. The molecule has 5 nitrogen and oxygen atoms in total. The Morgan fingerprint density at radius 2 is 1.74 bits per heavy atom. The molecule has 0 fully saturated rings. The fourth-order valence-electron chi connectivity index (χ4n) is 1.45. The van der Waals surface area contributed by atoms with Crippen molar-refractivity contribution in [2.75, 3.05) is 25.4 Å². The summed E-state index contributed by atoms with van der Waals surface area (Å²) in [5.41, 5.74) is 1.16. The van der Waals surface area contributed by atoms with Gasteiger partial charge in [-0.3, -0.25) is 4.79 Å². The zero-order valence-corrected chi connectivity index (χ0v) is 13.3. The number of alkyl halides is 3. The van der Waals surface area contributed by atoms with E-state index in [-0.39, 0.29) is 0 Å². The lowest BCUT2D eigenvalue weighted by molar-refractivity contribution is -0.137. The molecule has 0 spiro atoms. The lowest BCUT2D eigenvalue weighted by atomic mass is 10.2. The van der Waals surface area contributed by atoms with Crippen molar-refractivity contribution >= 4 is 23.7 Å². The SMILES string of the molecule is Cc1ccc(SCCNC(=O)NCC(=O)NCC(F)(F)F)cc1. The summed E-state index contributed by atoms with van der Waals surface area (Å²) < 4.78 is 35.6. The first-order valence-electron chi connectivity index (χ1n) is 6.81. The molecule has 0 saturated heterocycles. The summed E-state index contributed by atoms with van der Waals surface area (Å²) in [6.45, 7) is 0.440. The number of carbonyl (C=O) groups is 2. The summed E-state index contributed by atoms with van der Waals surface area (Å²) in [4.78, 5) is 23.5. The number of thioether (sulfide) groups is 1. The Labute approximate surface area is 136 Å². The van der Waals surface area contributed by atoms with E-state index >= 15 is 0 Å². The van der Waals surface area contributed by atoms with Gasteiger partial charge < -0.3 is 16.0 Å². The molecule has 0 aromatic heterocycles. The van der Waals surface area contributed by atoms with Crippen molar-refractivity contribution in [2.24, 2.45) is 0 Å². The molecule has 1 rings (SSSR count). The van der Waals surface area contributed by atoms with Crippen LogP contribution in [-0.4, -0.2) is 43.5 Å². The Morgan fingerprint density at radius 3 is 2.35 bits per heavy atom. The summed E-state index contributed by atoms with van der Waals surface area (Å²) in [7, 11) is 0. The molecule has 9 heteroatoms. The van der Waals surface area contributed by atoms with Gasteiger partial charge in [0.25, 0.3) is 0 Å². The lowest BCUT2D eigenvalue weighted by Crippen LogP contribution is -2.44. The minimum Gasteiger partial charge on any atom is -0.345 e. The molecule has 0 heterocycles. The van der Waals surface area contributed by atoms with Crippen molar-refractivity contribution in [1.82, 2.24) is 16.0 Å². The van der Waals surface area contributed by atoms with Crippen LogP contribution in [0.2, 0.25) is 0 Å². The van der Waals surface area contributed by atoms with Crippen LogP contribution in [0.4, 0.5) is 18.0 Å². The second kappa shape index (κ2) is 9.29. The molecule has 0 aliphatic rings. The fourth-order valence-corrected chi connectivity index (χ4v) is 2.22. The highest BCUT2D eigenvalue weighted by Crippen LogP contribution is 2.17. The number of carbonyl (C=O) groups excluding carboxylic acids is 2. The first-order valence-corrected chi connectivity index (χ1v) is 7.79. The molecule has 0 aliphatic carbocycles. The van der Waals surface area contributed by atoms with Gasteiger partial charge in [0.2, 0.25) is 5.91 Å². The monoisotopic (exact) mass is 349 g/mol. The highest BCUT2D eigenvalue weighted by molar-refractivity contribution is 7.99. The van der Waals surface area contributed by atoms with Gasteiger partial charge in [0.05, 0.1) is 6.54 Å². The second-order valence-corrected chi connectivity index (χ2v) is 5.83. The minimum absolute atomic E-state index is 0.370. The Morgan fingerprint density at radius 1 is 1.09 bits per heavy atom. The maximum atomic E-state index is 11.9. The maximum absolute atomic E-state index is 11.9. The molecule has 0 bridgehead atoms. The van der Waals surface area contributed by atoms with E-state index in [9.17, 15) is 22.8 Å². The standard InChI is InChI=1S/C14H18F3N3O2S/c1-10-2-4-11(5-3-10)23-7-6-18-13(22)19-8-12(21)20-9-14(15,16)17/h2-5H,6-9H2,1H3,(H,20,21)(H2,18,19,22). The van der Waals surface area contributed by atoms with Gasteiger partial charge in [-0.15, -0.1) is 11.8 Å². The van der Waals surface area contributed by atoms with Crippen molar-refractivity contribution in [3.8, 4) is 0 Å². The Balaban J connectivity index is 2.10. The van der Waals surface area contributed by atoms with Gasteiger partial charge in [-0.05, 0) is 19.1 Å². The Bertz CT molecular complexity index is 521. The molecular formula is C14H18F3N3O2S. The average Bonchev–Trinajstić information content (AvgIpc) is 2.48. The van der Waals surface area contributed by atoms with Crippen molar-refractivity contribution in [3.05, 3.63) is 29.8 Å². The van der Waals surface area contributed by atoms with Crippen LogP contribution in [0.15, 0.2) is 29.2 Å². The molecular weight excluding hydrogens is 331 g/mol. The molecule has 0 unspecified atom stereocenters. The first kappa shape index (κ1) is 19.1. The third-order valence-electron chi connectivity index (χ3n) is 2.57. The topological polar surface area (TPSA) is 70.2 Å². The van der Waals surface area contributed by atoms with Crippen LogP contribution < -0.4 is 16.0 Å². The number of benzene rings is 1. The average molecular weight is 349 g/mol. The second-order valence-electron chi connectivity index (χ2n) is 4.66. The summed E-state index contributed by atoms with van der Waals surface area (Å²) in [5.74, 6) is -0.261. The van der Waals surface area contributed by atoms with E-state index in [2.05, 4.69) is 10.6 Å². The predicted octanol–water partition coefficient (Wildman–Crippen LogP) is 2.06. The van der Waals surface area contributed by atoms with E-state index in [0.717, 1.165) is 10.5 Å². The van der Waals surface area contributed by atoms with Crippen LogP contribution in [0.25, 0.3) is 0 Å². The van der Waals surface area contributed by atoms with Crippen LogP contribution in [0.5, 0.6) is 0 Å². The normalized spacial score (nSPS) is 11.0. The summed E-state index contributed by atoms with van der Waals surface area (Å²) in [5, 5.41) is 6.37.